The van der Waals surface area contributed by atoms with E-state index in [4.69, 9.17) is 4.18 Å². The van der Waals surface area contributed by atoms with Crippen molar-refractivity contribution in [3.63, 3.8) is 0 Å². The van der Waals surface area contributed by atoms with E-state index >= 15 is 0 Å². The first-order valence-electron chi connectivity index (χ1n) is 9.69. The van der Waals surface area contributed by atoms with Crippen LogP contribution in [0.25, 0.3) is 0 Å². The van der Waals surface area contributed by atoms with Gasteiger partial charge in [-0.1, -0.05) is 0 Å². The Hall–Kier alpha value is -4.85. The van der Waals surface area contributed by atoms with Crippen molar-refractivity contribution in [1.82, 2.24) is 0 Å². The van der Waals surface area contributed by atoms with Crippen LogP contribution in [0.4, 0.5) is 22.7 Å². The number of amides is 1. The van der Waals surface area contributed by atoms with Crippen LogP contribution < -0.4 is 14.9 Å². The fraction of sp³-hybridized carbons (Fsp3) is 0.0476. The van der Waals surface area contributed by atoms with Gasteiger partial charge in [0.2, 0.25) is 5.91 Å². The number of nitrogens with one attached hydrogen (secondary N) is 2. The lowest BCUT2D eigenvalue weighted by molar-refractivity contribution is -0.393. The maximum Gasteiger partial charge on any atom is 0.339 e. The van der Waals surface area contributed by atoms with Crippen molar-refractivity contribution < 1.29 is 27.2 Å². The summed E-state index contributed by atoms with van der Waals surface area (Å²) in [7, 11) is -4.12. The van der Waals surface area contributed by atoms with Crippen LogP contribution in [0, 0.1) is 20.2 Å². The summed E-state index contributed by atoms with van der Waals surface area (Å²) >= 11 is 0. The molecule has 2 N–H and O–H groups in total. The summed E-state index contributed by atoms with van der Waals surface area (Å²) in [6.45, 7) is 1.33. The molecule has 0 saturated heterocycles. The highest BCUT2D eigenvalue weighted by molar-refractivity contribution is 7.87. The predicted molar refractivity (Wildman–Crippen MR) is 126 cm³/mol. The molecule has 1 amide bonds. The number of nitro groups is 2. The van der Waals surface area contributed by atoms with Gasteiger partial charge in [-0.2, -0.15) is 13.5 Å². The number of carbonyl (C=O) groups is 1. The summed E-state index contributed by atoms with van der Waals surface area (Å²) in [6.07, 6.45) is 1.31. The second-order valence-electron chi connectivity index (χ2n) is 6.90. The van der Waals surface area contributed by atoms with Crippen molar-refractivity contribution >= 4 is 45.0 Å². The van der Waals surface area contributed by atoms with Gasteiger partial charge in [0.15, 0.2) is 0 Å². The minimum atomic E-state index is -4.12. The van der Waals surface area contributed by atoms with Crippen LogP contribution in [0.15, 0.2) is 76.7 Å². The van der Waals surface area contributed by atoms with Gasteiger partial charge in [0.25, 0.3) is 5.69 Å². The van der Waals surface area contributed by atoms with E-state index in [9.17, 15) is 33.4 Å². The summed E-state index contributed by atoms with van der Waals surface area (Å²) in [5.74, 6) is -0.256. The Balaban J connectivity index is 1.67. The van der Waals surface area contributed by atoms with E-state index < -0.39 is 31.3 Å². The van der Waals surface area contributed by atoms with Crippen LogP contribution in [0.1, 0.15) is 12.5 Å². The first-order chi connectivity index (χ1) is 16.5. The molecule has 0 bridgehead atoms. The number of hydrogen-bond donors (Lipinski definition) is 2. The minimum absolute atomic E-state index is 0.0343. The maximum absolute atomic E-state index is 12.5. The summed E-state index contributed by atoms with van der Waals surface area (Å²) in [5, 5.41) is 28.4. The molecule has 0 aromatic heterocycles. The molecule has 0 radical (unpaired) electrons. The average molecular weight is 499 g/mol. The van der Waals surface area contributed by atoms with Gasteiger partial charge in [0.05, 0.1) is 22.1 Å². The first kappa shape index (κ1) is 24.8. The van der Waals surface area contributed by atoms with E-state index in [-0.39, 0.29) is 22.2 Å². The van der Waals surface area contributed by atoms with Crippen molar-refractivity contribution in [1.29, 1.82) is 0 Å². The molecule has 0 heterocycles. The van der Waals surface area contributed by atoms with E-state index in [1.54, 1.807) is 0 Å². The molecular formula is C21H17N5O8S. The summed E-state index contributed by atoms with van der Waals surface area (Å²) in [6, 6.07) is 14.3. The highest BCUT2D eigenvalue weighted by Crippen LogP contribution is 2.29. The van der Waals surface area contributed by atoms with E-state index in [2.05, 4.69) is 15.8 Å². The second kappa shape index (κ2) is 10.4. The Morgan fingerprint density at radius 1 is 0.971 bits per heavy atom. The number of nitro benzene ring substituents is 2. The molecule has 0 spiro atoms. The smallest absolute Gasteiger partial charge is 0.339 e. The van der Waals surface area contributed by atoms with Gasteiger partial charge in [0, 0.05) is 18.7 Å². The number of nitrogens with zero attached hydrogens (tertiary/aromatic N) is 3. The van der Waals surface area contributed by atoms with Crippen LogP contribution in [-0.2, 0) is 14.9 Å². The van der Waals surface area contributed by atoms with Crippen LogP contribution in [0.3, 0.4) is 0 Å². The predicted octanol–water partition coefficient (Wildman–Crippen LogP) is 3.68. The number of benzene rings is 3. The van der Waals surface area contributed by atoms with Crippen LogP contribution in [0.5, 0.6) is 5.75 Å². The third-order valence-corrected chi connectivity index (χ3v) is 5.60. The normalized spacial score (nSPS) is 11.1. The number of hydrogen-bond acceptors (Lipinski definition) is 10. The topological polar surface area (TPSA) is 183 Å². The van der Waals surface area contributed by atoms with Gasteiger partial charge >= 0.3 is 15.8 Å². The van der Waals surface area contributed by atoms with Crippen LogP contribution >= 0.6 is 0 Å². The van der Waals surface area contributed by atoms with E-state index in [0.717, 1.165) is 18.2 Å². The van der Waals surface area contributed by atoms with Gasteiger partial charge < -0.3 is 9.50 Å². The maximum atomic E-state index is 12.5. The average Bonchev–Trinajstić information content (AvgIpc) is 2.80. The number of anilines is 2. The zero-order valence-electron chi connectivity index (χ0n) is 17.9. The van der Waals surface area contributed by atoms with Crippen molar-refractivity contribution in [2.45, 2.75) is 11.8 Å². The molecule has 0 unspecified atom stereocenters. The Bertz CT molecular complexity index is 1400. The zero-order valence-corrected chi connectivity index (χ0v) is 18.8. The van der Waals surface area contributed by atoms with Crippen molar-refractivity contribution in [3.05, 3.63) is 92.5 Å². The number of non-ortho nitro benzene ring substituents is 1. The lowest BCUT2D eigenvalue weighted by atomic mass is 10.2. The molecule has 0 fully saturated rings. The lowest BCUT2D eigenvalue weighted by Gasteiger charge is -2.08. The lowest BCUT2D eigenvalue weighted by Crippen LogP contribution is -2.10. The van der Waals surface area contributed by atoms with E-state index in [1.165, 1.54) is 61.7 Å². The molecule has 0 saturated carbocycles. The van der Waals surface area contributed by atoms with Crippen molar-refractivity contribution in [2.24, 2.45) is 5.10 Å². The SMILES string of the molecule is CC(=O)Nc1ccc(S(=O)(=O)Oc2ccc(/C=N\Nc3ccc([N+](=O)[O-])cc3[N+](=O)[O-])cc2)cc1. The first-order valence-corrected chi connectivity index (χ1v) is 11.1. The number of hydrazone groups is 1. The fourth-order valence-electron chi connectivity index (χ4n) is 2.75. The van der Waals surface area contributed by atoms with Gasteiger partial charge in [-0.05, 0) is 60.2 Å². The molecule has 180 valence electrons. The Morgan fingerprint density at radius 3 is 2.20 bits per heavy atom. The largest absolute Gasteiger partial charge is 0.379 e. The molecule has 14 heteroatoms. The summed E-state index contributed by atoms with van der Waals surface area (Å²) in [4.78, 5) is 31.4. The van der Waals surface area contributed by atoms with E-state index in [1.807, 2.05) is 0 Å². The van der Waals surface area contributed by atoms with Crippen LogP contribution in [0.2, 0.25) is 0 Å². The molecule has 13 nitrogen and oxygen atoms in total. The fourth-order valence-corrected chi connectivity index (χ4v) is 3.68. The summed E-state index contributed by atoms with van der Waals surface area (Å²) in [5.41, 5.74) is 2.40. The highest BCUT2D eigenvalue weighted by Gasteiger charge is 2.19. The van der Waals surface area contributed by atoms with Crippen LogP contribution in [-0.4, -0.2) is 30.4 Å². The van der Waals surface area contributed by atoms with Gasteiger partial charge in [-0.25, -0.2) is 0 Å². The van der Waals surface area contributed by atoms with Crippen molar-refractivity contribution in [2.75, 3.05) is 10.7 Å². The Morgan fingerprint density at radius 2 is 1.63 bits per heavy atom. The summed E-state index contributed by atoms with van der Waals surface area (Å²) < 4.78 is 30.0. The van der Waals surface area contributed by atoms with E-state index in [0.29, 0.717) is 11.3 Å². The molecule has 3 aromatic rings. The number of rotatable bonds is 9. The number of carbonyl (C=O) groups excluding carboxylic acids is 1. The molecule has 0 aliphatic heterocycles. The standard InChI is InChI=1S/C21H17N5O8S/c1-14(27)23-16-4-9-19(10-5-16)35(32,33)34-18-7-2-15(3-8-18)13-22-24-20-11-6-17(25(28)29)12-21(20)26(30)31/h2-13,24H,1H3,(H,23,27)/b22-13-. The third-order valence-electron chi connectivity index (χ3n) is 4.34. The third kappa shape index (κ3) is 6.58. The minimum Gasteiger partial charge on any atom is -0.379 e. The quantitative estimate of drug-likeness (QED) is 0.192. The molecule has 35 heavy (non-hydrogen) atoms. The van der Waals surface area contributed by atoms with Gasteiger partial charge in [-0.15, -0.1) is 0 Å². The molecule has 0 aliphatic carbocycles. The molecule has 3 aromatic carbocycles. The highest BCUT2D eigenvalue weighted by atomic mass is 32.2. The van der Waals surface area contributed by atoms with Gasteiger partial charge in [-0.3, -0.25) is 30.4 Å². The second-order valence-corrected chi connectivity index (χ2v) is 8.44. The molecule has 3 rings (SSSR count). The molecule has 0 atom stereocenters. The van der Waals surface area contributed by atoms with Gasteiger partial charge in [0.1, 0.15) is 16.3 Å². The zero-order chi connectivity index (χ0) is 25.6. The molecule has 0 aliphatic rings. The Labute approximate surface area is 198 Å². The van der Waals surface area contributed by atoms with Crippen molar-refractivity contribution in [3.8, 4) is 5.75 Å². The monoisotopic (exact) mass is 499 g/mol. The molecular weight excluding hydrogens is 482 g/mol. The Kier molecular flexibility index (Phi) is 7.36.